The number of amides is 1. The van der Waals surface area contributed by atoms with Crippen molar-refractivity contribution in [2.45, 2.75) is 0 Å². The van der Waals surface area contributed by atoms with Gasteiger partial charge >= 0.3 is 6.09 Å². The summed E-state index contributed by atoms with van der Waals surface area (Å²) in [5.74, 6) is 0. The van der Waals surface area contributed by atoms with Crippen LogP contribution in [0, 0.1) is 0 Å². The zero-order chi connectivity index (χ0) is 4.28. The van der Waals surface area contributed by atoms with E-state index in [-0.39, 0.29) is 5.48 Å². The van der Waals surface area contributed by atoms with Crippen molar-refractivity contribution in [3.05, 3.63) is 0 Å². The average molecular weight is 93.1 g/mol. The van der Waals surface area contributed by atoms with Crippen molar-refractivity contribution in [1.29, 1.82) is 0 Å². The number of rotatable bonds is 0. The molecule has 0 heterocycles. The molecule has 0 radical (unpaired) electrons. The molecule has 0 aliphatic heterocycles. The topological polar surface area (TPSA) is 80.8 Å². The summed E-state index contributed by atoms with van der Waals surface area (Å²) >= 11 is 0. The maximum atomic E-state index is 9.26. The summed E-state index contributed by atoms with van der Waals surface area (Å²) in [6.07, 6.45) is -0.995. The minimum Gasteiger partial charge on any atom is -0.465 e. The fourth-order valence-electron chi connectivity index (χ4n) is 0. The lowest BCUT2D eigenvalue weighted by Crippen LogP contribution is -2.13. The van der Waals surface area contributed by atoms with E-state index in [1.807, 2.05) is 5.32 Å². The molecule has 0 spiro atoms. The van der Waals surface area contributed by atoms with Gasteiger partial charge in [0, 0.05) is 7.05 Å². The summed E-state index contributed by atoms with van der Waals surface area (Å²) in [5, 5.41) is 9.56. The number of hydrogen-bond acceptors (Lipinski definition) is 1. The summed E-state index contributed by atoms with van der Waals surface area (Å²) in [4.78, 5) is 9.26. The second-order valence-corrected chi connectivity index (χ2v) is 0.555. The first-order chi connectivity index (χ1) is 2.27. The van der Waals surface area contributed by atoms with Gasteiger partial charge in [0.15, 0.2) is 0 Å². The fourth-order valence-corrected chi connectivity index (χ4v) is 0. The molecular formula is C2H7NO3. The van der Waals surface area contributed by atoms with E-state index in [0.717, 1.165) is 0 Å². The normalized spacial score (nSPS) is 5.50. The molecule has 0 aromatic carbocycles. The second-order valence-electron chi connectivity index (χ2n) is 0.555. The molecule has 0 aliphatic carbocycles. The molecule has 0 saturated carbocycles. The molecule has 4 heteroatoms. The Morgan fingerprint density at radius 2 is 2.00 bits per heavy atom. The molecule has 4 N–H and O–H groups in total. The van der Waals surface area contributed by atoms with E-state index in [2.05, 4.69) is 0 Å². The van der Waals surface area contributed by atoms with Crippen molar-refractivity contribution in [3.63, 3.8) is 0 Å². The van der Waals surface area contributed by atoms with Crippen molar-refractivity contribution < 1.29 is 15.4 Å². The fraction of sp³-hybridized carbons (Fsp3) is 0.500. The molecule has 1 amide bonds. The first-order valence-electron chi connectivity index (χ1n) is 1.18. The van der Waals surface area contributed by atoms with E-state index in [0.29, 0.717) is 0 Å². The van der Waals surface area contributed by atoms with Crippen molar-refractivity contribution in [2.75, 3.05) is 7.05 Å². The van der Waals surface area contributed by atoms with Crippen molar-refractivity contribution >= 4 is 6.09 Å². The van der Waals surface area contributed by atoms with E-state index in [1.165, 1.54) is 7.05 Å². The van der Waals surface area contributed by atoms with E-state index in [4.69, 9.17) is 5.11 Å². The van der Waals surface area contributed by atoms with Crippen molar-refractivity contribution in [1.82, 2.24) is 5.32 Å². The van der Waals surface area contributed by atoms with Gasteiger partial charge in [0.1, 0.15) is 0 Å². The van der Waals surface area contributed by atoms with Crippen LogP contribution < -0.4 is 5.32 Å². The molecule has 0 atom stereocenters. The lowest BCUT2D eigenvalue weighted by Gasteiger charge is -1.78. The van der Waals surface area contributed by atoms with E-state index in [1.54, 1.807) is 0 Å². The molecule has 0 fully saturated rings. The Balaban J connectivity index is 0. The van der Waals surface area contributed by atoms with Gasteiger partial charge in [-0.15, -0.1) is 0 Å². The molecule has 0 aromatic rings. The molecule has 0 aliphatic rings. The Hall–Kier alpha value is -0.770. The van der Waals surface area contributed by atoms with Crippen LogP contribution in [0.3, 0.4) is 0 Å². The van der Waals surface area contributed by atoms with Gasteiger partial charge in [-0.1, -0.05) is 0 Å². The van der Waals surface area contributed by atoms with Crippen LogP contribution in [-0.2, 0) is 0 Å². The smallest absolute Gasteiger partial charge is 0.404 e. The number of nitrogens with one attached hydrogen (secondary N) is 1. The molecule has 0 unspecified atom stereocenters. The van der Waals surface area contributed by atoms with Gasteiger partial charge in [-0.3, -0.25) is 0 Å². The molecule has 4 nitrogen and oxygen atoms in total. The maximum Gasteiger partial charge on any atom is 0.404 e. The highest BCUT2D eigenvalue weighted by Crippen LogP contribution is 1.45. The van der Waals surface area contributed by atoms with Crippen LogP contribution >= 0.6 is 0 Å². The zero-order valence-corrected chi connectivity index (χ0v) is 3.36. The Kier molecular flexibility index (Phi) is 6.32. The summed E-state index contributed by atoms with van der Waals surface area (Å²) in [5.41, 5.74) is 0. The number of carboxylic acid groups (broad SMARTS) is 1. The SMILES string of the molecule is CNC(=O)O.O. The number of hydrogen-bond donors (Lipinski definition) is 2. The largest absolute Gasteiger partial charge is 0.465 e. The molecule has 0 saturated heterocycles. The third-order valence-corrected chi connectivity index (χ3v) is 0.214. The summed E-state index contributed by atoms with van der Waals surface area (Å²) in [6.45, 7) is 0. The third-order valence-electron chi connectivity index (χ3n) is 0.214. The summed E-state index contributed by atoms with van der Waals surface area (Å²) < 4.78 is 0. The predicted molar refractivity (Wildman–Crippen MR) is 20.7 cm³/mol. The standard InChI is InChI=1S/C2H5NO2.H2O/c1-3-2(4)5;/h3H,1H3,(H,4,5);1H2. The average Bonchev–Trinajstić information content (AvgIpc) is 1.38. The Morgan fingerprint density at radius 3 is 2.00 bits per heavy atom. The van der Waals surface area contributed by atoms with Crippen LogP contribution in [0.1, 0.15) is 0 Å². The second kappa shape index (κ2) is 4.23. The predicted octanol–water partition coefficient (Wildman–Crippen LogP) is -0.941. The zero-order valence-electron chi connectivity index (χ0n) is 3.36. The van der Waals surface area contributed by atoms with Gasteiger partial charge in [0.25, 0.3) is 0 Å². The first kappa shape index (κ1) is 8.97. The Morgan fingerprint density at radius 1 is 1.83 bits per heavy atom. The van der Waals surface area contributed by atoms with Gasteiger partial charge < -0.3 is 15.9 Å². The highest BCUT2D eigenvalue weighted by atomic mass is 16.4. The highest BCUT2D eigenvalue weighted by molar-refractivity contribution is 5.63. The minimum absolute atomic E-state index is 0. The summed E-state index contributed by atoms with van der Waals surface area (Å²) in [7, 11) is 1.35. The molecule has 6 heavy (non-hydrogen) atoms. The van der Waals surface area contributed by atoms with Gasteiger partial charge in [0.05, 0.1) is 0 Å². The van der Waals surface area contributed by atoms with Crippen LogP contribution in [0.2, 0.25) is 0 Å². The quantitative estimate of drug-likeness (QED) is 0.405. The molecule has 0 bridgehead atoms. The van der Waals surface area contributed by atoms with E-state index < -0.39 is 6.09 Å². The van der Waals surface area contributed by atoms with E-state index in [9.17, 15) is 4.79 Å². The van der Waals surface area contributed by atoms with Crippen molar-refractivity contribution in [2.24, 2.45) is 0 Å². The van der Waals surface area contributed by atoms with Crippen LogP contribution in [0.25, 0.3) is 0 Å². The highest BCUT2D eigenvalue weighted by Gasteiger charge is 1.76. The monoisotopic (exact) mass is 93.0 g/mol. The van der Waals surface area contributed by atoms with Crippen LogP contribution in [0.5, 0.6) is 0 Å². The third kappa shape index (κ3) is 10.6. The van der Waals surface area contributed by atoms with Gasteiger partial charge in [0.2, 0.25) is 0 Å². The maximum absolute atomic E-state index is 9.26. The molecule has 0 rings (SSSR count). The Bertz CT molecular complexity index is 44.1. The van der Waals surface area contributed by atoms with Gasteiger partial charge in [-0.2, -0.15) is 0 Å². The first-order valence-corrected chi connectivity index (χ1v) is 1.18. The van der Waals surface area contributed by atoms with Crippen molar-refractivity contribution in [3.8, 4) is 0 Å². The van der Waals surface area contributed by atoms with Gasteiger partial charge in [-0.25, -0.2) is 4.79 Å². The minimum atomic E-state index is -0.995. The van der Waals surface area contributed by atoms with Crippen LogP contribution in [-0.4, -0.2) is 23.7 Å². The molecular weight excluding hydrogens is 86.0 g/mol. The number of carbonyl (C=O) groups is 1. The Labute approximate surface area is 35.1 Å². The van der Waals surface area contributed by atoms with Gasteiger partial charge in [-0.05, 0) is 0 Å². The van der Waals surface area contributed by atoms with Crippen LogP contribution in [0.15, 0.2) is 0 Å². The molecule has 38 valence electrons. The lowest BCUT2D eigenvalue weighted by molar-refractivity contribution is 0.197. The molecule has 0 aromatic heterocycles. The van der Waals surface area contributed by atoms with Crippen LogP contribution in [0.4, 0.5) is 4.79 Å². The van der Waals surface area contributed by atoms with E-state index >= 15 is 0 Å². The summed E-state index contributed by atoms with van der Waals surface area (Å²) in [6, 6.07) is 0. The lowest BCUT2D eigenvalue weighted by atomic mass is 11.1.